The van der Waals surface area contributed by atoms with Crippen molar-refractivity contribution < 1.29 is 18.0 Å². The maximum absolute atomic E-state index is 13.7. The van der Waals surface area contributed by atoms with E-state index >= 15 is 0 Å². The van der Waals surface area contributed by atoms with Crippen LogP contribution in [0.3, 0.4) is 0 Å². The number of halogens is 4. The topological polar surface area (TPSA) is 51.7 Å². The Kier molecular flexibility index (Phi) is 7.83. The van der Waals surface area contributed by atoms with E-state index in [1.54, 1.807) is 6.20 Å². The molecule has 3 aliphatic heterocycles. The molecule has 3 aliphatic rings. The van der Waals surface area contributed by atoms with Crippen LogP contribution in [0.4, 0.5) is 24.7 Å². The van der Waals surface area contributed by atoms with Crippen molar-refractivity contribution in [3.8, 4) is 11.1 Å². The van der Waals surface area contributed by atoms with Crippen molar-refractivity contribution in [1.29, 1.82) is 0 Å². The summed E-state index contributed by atoms with van der Waals surface area (Å²) in [6, 6.07) is 13.4. The van der Waals surface area contributed by atoms with Gasteiger partial charge in [-0.1, -0.05) is 23.7 Å². The maximum atomic E-state index is 13.7. The van der Waals surface area contributed by atoms with E-state index in [-0.39, 0.29) is 29.1 Å². The Morgan fingerprint density at radius 3 is 2.63 bits per heavy atom. The van der Waals surface area contributed by atoms with Crippen LogP contribution in [0.25, 0.3) is 11.1 Å². The van der Waals surface area contributed by atoms with Gasteiger partial charge in [0.25, 0.3) is 5.91 Å². The van der Waals surface area contributed by atoms with Crippen LogP contribution >= 0.6 is 11.6 Å². The van der Waals surface area contributed by atoms with Crippen molar-refractivity contribution in [2.24, 2.45) is 0 Å². The van der Waals surface area contributed by atoms with Gasteiger partial charge in [0.05, 0.1) is 11.3 Å². The minimum absolute atomic E-state index is 0.0428. The Balaban J connectivity index is 1.25. The predicted octanol–water partition coefficient (Wildman–Crippen LogP) is 6.55. The molecule has 10 heteroatoms. The Bertz CT molecular complexity index is 1430. The monoisotopic (exact) mass is 583 g/mol. The molecule has 1 unspecified atom stereocenters. The molecule has 1 atom stereocenters. The Hall–Kier alpha value is -3.30. The second kappa shape index (κ2) is 11.5. The lowest BCUT2D eigenvalue weighted by Gasteiger charge is -2.32. The molecule has 0 radical (unpaired) electrons. The lowest BCUT2D eigenvalue weighted by atomic mass is 10.0. The number of hydrogen-bond donors (Lipinski definition) is 1. The number of anilines is 2. The standard InChI is InChI=1S/C31H33ClF3N5O/c32-25-8-9-27(31(33,34)35)24(16-25)19-39-14-10-36-29-28(39)17-23(18-37-29)21-5-3-6-22(15-21)30(41)40-13-4-7-26(40)20-38-11-1-2-12-38/h3,5-6,8-9,15-18,26H,1-2,4,7,10-14,19-20H2,(H,36,37). The smallest absolute Gasteiger partial charge is 0.367 e. The molecule has 216 valence electrons. The molecule has 0 bridgehead atoms. The lowest BCUT2D eigenvalue weighted by Crippen LogP contribution is -2.42. The van der Waals surface area contributed by atoms with Gasteiger partial charge in [0.15, 0.2) is 0 Å². The first-order valence-electron chi connectivity index (χ1n) is 14.2. The van der Waals surface area contributed by atoms with Crippen LogP contribution in [0.5, 0.6) is 0 Å². The molecule has 0 aliphatic carbocycles. The van der Waals surface area contributed by atoms with Crippen LogP contribution in [-0.4, -0.2) is 66.0 Å². The fraction of sp³-hybridized carbons (Fsp3) is 0.419. The molecule has 2 saturated heterocycles. The Labute approximate surface area is 243 Å². The van der Waals surface area contributed by atoms with Gasteiger partial charge in [0.1, 0.15) is 5.82 Å². The number of likely N-dealkylation sites (tertiary alicyclic amines) is 2. The largest absolute Gasteiger partial charge is 0.416 e. The zero-order chi connectivity index (χ0) is 28.6. The minimum Gasteiger partial charge on any atom is -0.367 e. The zero-order valence-corrected chi connectivity index (χ0v) is 23.5. The summed E-state index contributed by atoms with van der Waals surface area (Å²) in [5.41, 5.74) is 2.41. The van der Waals surface area contributed by atoms with Crippen molar-refractivity contribution in [2.75, 3.05) is 49.5 Å². The number of carbonyl (C=O) groups is 1. The number of aromatic nitrogens is 1. The molecule has 1 N–H and O–H groups in total. The summed E-state index contributed by atoms with van der Waals surface area (Å²) < 4.78 is 41.2. The van der Waals surface area contributed by atoms with E-state index in [4.69, 9.17) is 11.6 Å². The third-order valence-electron chi connectivity index (χ3n) is 8.36. The average molecular weight is 584 g/mol. The molecular formula is C31H33ClF3N5O. The van der Waals surface area contributed by atoms with Crippen LogP contribution in [0.2, 0.25) is 5.02 Å². The van der Waals surface area contributed by atoms with Gasteiger partial charge >= 0.3 is 6.18 Å². The number of carbonyl (C=O) groups excluding carboxylic acids is 1. The zero-order valence-electron chi connectivity index (χ0n) is 22.8. The molecule has 4 heterocycles. The number of benzene rings is 2. The summed E-state index contributed by atoms with van der Waals surface area (Å²) in [6.45, 7) is 5.03. The quantitative estimate of drug-likeness (QED) is 0.356. The van der Waals surface area contributed by atoms with E-state index in [9.17, 15) is 18.0 Å². The van der Waals surface area contributed by atoms with Crippen LogP contribution in [-0.2, 0) is 12.7 Å². The molecule has 6 nitrogen and oxygen atoms in total. The predicted molar refractivity (Wildman–Crippen MR) is 155 cm³/mol. The highest BCUT2D eigenvalue weighted by Crippen LogP contribution is 2.37. The van der Waals surface area contributed by atoms with Gasteiger partial charge < -0.3 is 20.0 Å². The highest BCUT2D eigenvalue weighted by molar-refractivity contribution is 6.30. The maximum Gasteiger partial charge on any atom is 0.416 e. The first-order valence-corrected chi connectivity index (χ1v) is 14.6. The van der Waals surface area contributed by atoms with Crippen LogP contribution in [0.1, 0.15) is 47.2 Å². The second-order valence-corrected chi connectivity index (χ2v) is 11.6. The van der Waals surface area contributed by atoms with Crippen molar-refractivity contribution in [3.63, 3.8) is 0 Å². The Morgan fingerprint density at radius 2 is 1.83 bits per heavy atom. The molecule has 1 amide bonds. The molecular weight excluding hydrogens is 551 g/mol. The number of fused-ring (bicyclic) bond motifs is 1. The highest BCUT2D eigenvalue weighted by atomic mass is 35.5. The molecule has 2 aromatic carbocycles. The number of hydrogen-bond acceptors (Lipinski definition) is 5. The van der Waals surface area contributed by atoms with Crippen molar-refractivity contribution >= 4 is 29.0 Å². The molecule has 0 spiro atoms. The van der Waals surface area contributed by atoms with Gasteiger partial charge in [-0.05, 0) is 86.3 Å². The fourth-order valence-electron chi connectivity index (χ4n) is 6.31. The second-order valence-electron chi connectivity index (χ2n) is 11.1. The van der Waals surface area contributed by atoms with Crippen molar-refractivity contribution in [3.05, 3.63) is 76.4 Å². The Morgan fingerprint density at radius 1 is 1.00 bits per heavy atom. The third kappa shape index (κ3) is 6.02. The van der Waals surface area contributed by atoms with Gasteiger partial charge in [-0.15, -0.1) is 0 Å². The number of alkyl halides is 3. The number of nitrogens with zero attached hydrogens (tertiary/aromatic N) is 4. The van der Waals surface area contributed by atoms with E-state index < -0.39 is 11.7 Å². The van der Waals surface area contributed by atoms with E-state index in [1.165, 1.54) is 25.0 Å². The molecule has 6 rings (SSSR count). The van der Waals surface area contributed by atoms with Crippen LogP contribution < -0.4 is 10.2 Å². The fourth-order valence-corrected chi connectivity index (χ4v) is 6.51. The van der Waals surface area contributed by atoms with Crippen LogP contribution in [0.15, 0.2) is 54.7 Å². The van der Waals surface area contributed by atoms with Gasteiger partial charge in [-0.3, -0.25) is 4.79 Å². The van der Waals surface area contributed by atoms with Crippen molar-refractivity contribution in [2.45, 2.75) is 44.4 Å². The van der Waals surface area contributed by atoms with Gasteiger partial charge in [-0.25, -0.2) is 4.98 Å². The van der Waals surface area contributed by atoms with Crippen molar-refractivity contribution in [1.82, 2.24) is 14.8 Å². The molecule has 1 aromatic heterocycles. The molecule has 2 fully saturated rings. The van der Waals surface area contributed by atoms with Gasteiger partial charge in [-0.2, -0.15) is 13.2 Å². The van der Waals surface area contributed by atoms with E-state index in [2.05, 4.69) is 15.2 Å². The third-order valence-corrected chi connectivity index (χ3v) is 8.60. The summed E-state index contributed by atoms with van der Waals surface area (Å²) in [5, 5.41) is 3.51. The van der Waals surface area contributed by atoms with Gasteiger partial charge in [0.2, 0.25) is 0 Å². The summed E-state index contributed by atoms with van der Waals surface area (Å²) in [4.78, 5) is 24.6. The molecule has 0 saturated carbocycles. The van der Waals surface area contributed by atoms with E-state index in [1.807, 2.05) is 40.1 Å². The first kappa shape index (κ1) is 27.8. The molecule has 3 aromatic rings. The summed E-state index contributed by atoms with van der Waals surface area (Å²) in [5.74, 6) is 0.660. The average Bonchev–Trinajstić information content (AvgIpc) is 3.65. The van der Waals surface area contributed by atoms with E-state index in [0.717, 1.165) is 56.2 Å². The summed E-state index contributed by atoms with van der Waals surface area (Å²) in [6.07, 6.45) is 1.77. The normalized spacial score (nSPS) is 19.4. The minimum atomic E-state index is -4.48. The summed E-state index contributed by atoms with van der Waals surface area (Å²) in [7, 11) is 0. The number of amides is 1. The summed E-state index contributed by atoms with van der Waals surface area (Å²) >= 11 is 6.08. The number of rotatable bonds is 6. The first-order chi connectivity index (χ1) is 19.8. The van der Waals surface area contributed by atoms with Crippen LogP contribution in [0, 0.1) is 0 Å². The highest BCUT2D eigenvalue weighted by Gasteiger charge is 2.34. The van der Waals surface area contributed by atoms with Gasteiger partial charge in [0, 0.05) is 61.1 Å². The number of pyridine rings is 1. The van der Waals surface area contributed by atoms with E-state index in [0.29, 0.717) is 30.2 Å². The SMILES string of the molecule is O=C(c1cccc(-c2cnc3c(c2)N(Cc2cc(Cl)ccc2C(F)(F)F)CCN3)c1)N1CCCC1CN1CCCC1. The number of nitrogens with one attached hydrogen (secondary N) is 1. The molecule has 41 heavy (non-hydrogen) atoms. The lowest BCUT2D eigenvalue weighted by molar-refractivity contribution is -0.138.